The second kappa shape index (κ2) is 8.90. The first-order valence-corrected chi connectivity index (χ1v) is 10.1. The minimum atomic E-state index is -0.0880. The molecule has 0 saturated carbocycles. The zero-order valence-electron chi connectivity index (χ0n) is 15.0. The van der Waals surface area contributed by atoms with Crippen LogP contribution in [0.4, 0.5) is 5.69 Å². The van der Waals surface area contributed by atoms with Crippen LogP contribution in [0.15, 0.2) is 48.5 Å². The molecule has 4 nitrogen and oxygen atoms in total. The van der Waals surface area contributed by atoms with Crippen molar-refractivity contribution in [2.24, 2.45) is 0 Å². The fourth-order valence-corrected chi connectivity index (χ4v) is 3.96. The number of aryl methyl sites for hydroxylation is 1. The Balaban J connectivity index is 1.46. The number of hydrogen-bond donors (Lipinski definition) is 1. The summed E-state index contributed by atoms with van der Waals surface area (Å²) in [5.74, 6) is 1.87. The van der Waals surface area contributed by atoms with Crippen molar-refractivity contribution in [3.8, 4) is 0 Å². The van der Waals surface area contributed by atoms with Gasteiger partial charge in [-0.25, -0.2) is 0 Å². The van der Waals surface area contributed by atoms with Crippen molar-refractivity contribution in [1.29, 1.82) is 0 Å². The van der Waals surface area contributed by atoms with Crippen molar-refractivity contribution in [2.75, 3.05) is 23.7 Å². The molecule has 1 fully saturated rings. The summed E-state index contributed by atoms with van der Waals surface area (Å²) in [6, 6.07) is 15.7. The van der Waals surface area contributed by atoms with E-state index in [1.165, 1.54) is 11.1 Å². The van der Waals surface area contributed by atoms with Gasteiger partial charge < -0.3 is 10.2 Å². The predicted molar refractivity (Wildman–Crippen MR) is 108 cm³/mol. The molecule has 1 aliphatic heterocycles. The maximum Gasteiger partial charge on any atom is 0.251 e. The molecular formula is C21H24N2O2S. The smallest absolute Gasteiger partial charge is 0.251 e. The Morgan fingerprint density at radius 2 is 2.04 bits per heavy atom. The maximum atomic E-state index is 12.4. The van der Waals surface area contributed by atoms with Crippen LogP contribution >= 0.6 is 11.8 Å². The first kappa shape index (κ1) is 18.5. The zero-order valence-corrected chi connectivity index (χ0v) is 15.8. The van der Waals surface area contributed by atoms with Gasteiger partial charge in [-0.15, -0.1) is 0 Å². The lowest BCUT2D eigenvalue weighted by Gasteiger charge is -2.16. The van der Waals surface area contributed by atoms with Crippen molar-refractivity contribution in [3.05, 3.63) is 65.2 Å². The Bertz CT molecular complexity index is 791. The molecule has 0 radical (unpaired) electrons. The highest BCUT2D eigenvalue weighted by atomic mass is 32.2. The van der Waals surface area contributed by atoms with E-state index in [1.807, 2.05) is 30.0 Å². The van der Waals surface area contributed by atoms with E-state index in [4.69, 9.17) is 0 Å². The van der Waals surface area contributed by atoms with Crippen LogP contribution in [0.2, 0.25) is 0 Å². The van der Waals surface area contributed by atoms with Gasteiger partial charge in [0.1, 0.15) is 0 Å². The summed E-state index contributed by atoms with van der Waals surface area (Å²) in [6.45, 7) is 3.48. The summed E-state index contributed by atoms with van der Waals surface area (Å²) in [4.78, 5) is 26.0. The molecule has 3 rings (SSSR count). The molecule has 0 unspecified atom stereocenters. The number of benzene rings is 2. The standard InChI is InChI=1S/C21H24N2O2S/c1-16-6-2-3-7-18(16)15-26-13-11-22-21(25)17-8-4-9-19(14-17)23-12-5-10-20(23)24/h2-4,6-9,14H,5,10-13,15H2,1H3,(H,22,25). The van der Waals surface area contributed by atoms with Gasteiger partial charge in [-0.05, 0) is 42.7 Å². The molecule has 2 aromatic carbocycles. The van der Waals surface area contributed by atoms with Crippen LogP contribution in [0.5, 0.6) is 0 Å². The summed E-state index contributed by atoms with van der Waals surface area (Å²) in [5.41, 5.74) is 4.06. The summed E-state index contributed by atoms with van der Waals surface area (Å²) < 4.78 is 0. The summed E-state index contributed by atoms with van der Waals surface area (Å²) in [6.07, 6.45) is 1.47. The van der Waals surface area contributed by atoms with Crippen LogP contribution in [0.3, 0.4) is 0 Å². The highest BCUT2D eigenvalue weighted by Crippen LogP contribution is 2.22. The van der Waals surface area contributed by atoms with Gasteiger partial charge in [0.25, 0.3) is 5.91 Å². The van der Waals surface area contributed by atoms with Crippen LogP contribution in [0, 0.1) is 6.92 Å². The average molecular weight is 369 g/mol. The fraction of sp³-hybridized carbons (Fsp3) is 0.333. The molecule has 1 N–H and O–H groups in total. The highest BCUT2D eigenvalue weighted by Gasteiger charge is 2.22. The number of thioether (sulfide) groups is 1. The SMILES string of the molecule is Cc1ccccc1CSCCNC(=O)c1cccc(N2CCCC2=O)c1. The predicted octanol–water partition coefficient (Wildman–Crippen LogP) is 3.79. The molecule has 0 atom stereocenters. The van der Waals surface area contributed by atoms with Gasteiger partial charge in [0.15, 0.2) is 0 Å². The topological polar surface area (TPSA) is 49.4 Å². The van der Waals surface area contributed by atoms with E-state index in [-0.39, 0.29) is 11.8 Å². The monoisotopic (exact) mass is 368 g/mol. The largest absolute Gasteiger partial charge is 0.351 e. The minimum absolute atomic E-state index is 0.0880. The van der Waals surface area contributed by atoms with Crippen molar-refractivity contribution in [1.82, 2.24) is 5.32 Å². The third-order valence-corrected chi connectivity index (χ3v) is 5.55. The molecule has 2 amide bonds. The van der Waals surface area contributed by atoms with E-state index in [1.54, 1.807) is 17.0 Å². The molecule has 1 heterocycles. The zero-order chi connectivity index (χ0) is 18.4. The van der Waals surface area contributed by atoms with Crippen molar-refractivity contribution >= 4 is 29.3 Å². The lowest BCUT2D eigenvalue weighted by molar-refractivity contribution is -0.117. The van der Waals surface area contributed by atoms with Gasteiger partial charge >= 0.3 is 0 Å². The Hall–Kier alpha value is -2.27. The molecule has 2 aromatic rings. The number of nitrogens with one attached hydrogen (secondary N) is 1. The molecule has 136 valence electrons. The van der Waals surface area contributed by atoms with Crippen molar-refractivity contribution in [3.63, 3.8) is 0 Å². The Kier molecular flexibility index (Phi) is 6.34. The molecule has 1 aliphatic rings. The Morgan fingerprint density at radius 1 is 1.19 bits per heavy atom. The second-order valence-corrected chi connectivity index (χ2v) is 7.54. The van der Waals surface area contributed by atoms with E-state index in [0.717, 1.165) is 30.2 Å². The molecule has 0 bridgehead atoms. The van der Waals surface area contributed by atoms with E-state index in [0.29, 0.717) is 18.5 Å². The van der Waals surface area contributed by atoms with E-state index >= 15 is 0 Å². The number of rotatable bonds is 7. The first-order chi connectivity index (χ1) is 12.6. The third-order valence-electron chi connectivity index (χ3n) is 4.54. The van der Waals surface area contributed by atoms with Gasteiger partial charge in [-0.3, -0.25) is 9.59 Å². The van der Waals surface area contributed by atoms with E-state index in [9.17, 15) is 9.59 Å². The van der Waals surface area contributed by atoms with E-state index in [2.05, 4.69) is 30.4 Å². The van der Waals surface area contributed by atoms with Gasteiger partial charge in [0.05, 0.1) is 0 Å². The molecular weight excluding hydrogens is 344 g/mol. The van der Waals surface area contributed by atoms with Crippen LogP contribution in [-0.2, 0) is 10.5 Å². The number of hydrogen-bond acceptors (Lipinski definition) is 3. The maximum absolute atomic E-state index is 12.4. The van der Waals surface area contributed by atoms with Crippen LogP contribution < -0.4 is 10.2 Å². The van der Waals surface area contributed by atoms with Crippen LogP contribution in [-0.4, -0.2) is 30.7 Å². The van der Waals surface area contributed by atoms with Gasteiger partial charge in [-0.2, -0.15) is 11.8 Å². The normalized spacial score (nSPS) is 13.9. The molecule has 0 aliphatic carbocycles. The summed E-state index contributed by atoms with van der Waals surface area (Å²) >= 11 is 1.81. The molecule has 5 heteroatoms. The number of carbonyl (C=O) groups is 2. The van der Waals surface area contributed by atoms with Gasteiger partial charge in [-0.1, -0.05) is 30.3 Å². The Morgan fingerprint density at radius 3 is 2.81 bits per heavy atom. The number of nitrogens with zero attached hydrogens (tertiary/aromatic N) is 1. The van der Waals surface area contributed by atoms with Gasteiger partial charge in [0, 0.05) is 42.3 Å². The van der Waals surface area contributed by atoms with Crippen molar-refractivity contribution in [2.45, 2.75) is 25.5 Å². The lowest BCUT2D eigenvalue weighted by Crippen LogP contribution is -2.27. The molecule has 26 heavy (non-hydrogen) atoms. The van der Waals surface area contributed by atoms with E-state index < -0.39 is 0 Å². The highest BCUT2D eigenvalue weighted by molar-refractivity contribution is 7.98. The lowest BCUT2D eigenvalue weighted by atomic mass is 10.1. The van der Waals surface area contributed by atoms with Crippen molar-refractivity contribution < 1.29 is 9.59 Å². The number of amides is 2. The second-order valence-electron chi connectivity index (χ2n) is 6.43. The van der Waals surface area contributed by atoms with Gasteiger partial charge in [0.2, 0.25) is 5.91 Å². The summed E-state index contributed by atoms with van der Waals surface area (Å²) in [5, 5.41) is 2.97. The minimum Gasteiger partial charge on any atom is -0.351 e. The number of carbonyl (C=O) groups excluding carboxylic acids is 2. The van der Waals surface area contributed by atoms with Crippen LogP contribution in [0.1, 0.15) is 34.3 Å². The first-order valence-electron chi connectivity index (χ1n) is 8.96. The molecule has 0 spiro atoms. The molecule has 1 saturated heterocycles. The number of anilines is 1. The van der Waals surface area contributed by atoms with Crippen LogP contribution in [0.25, 0.3) is 0 Å². The average Bonchev–Trinajstić information content (AvgIpc) is 3.09. The summed E-state index contributed by atoms with van der Waals surface area (Å²) in [7, 11) is 0. The third kappa shape index (κ3) is 4.67. The molecule has 0 aromatic heterocycles. The Labute approximate surface area is 159 Å². The fourth-order valence-electron chi connectivity index (χ4n) is 3.03. The quantitative estimate of drug-likeness (QED) is 0.757.